The normalized spacial score (nSPS) is 17.8. The van der Waals surface area contributed by atoms with E-state index < -0.39 is 20.7 Å². The van der Waals surface area contributed by atoms with Crippen molar-refractivity contribution in [2.75, 3.05) is 6.54 Å². The van der Waals surface area contributed by atoms with Gasteiger partial charge in [-0.25, -0.2) is 0 Å². The Morgan fingerprint density at radius 2 is 2.00 bits per heavy atom. The van der Waals surface area contributed by atoms with Crippen LogP contribution in [-0.2, 0) is 10.1 Å². The lowest BCUT2D eigenvalue weighted by Gasteiger charge is -2.14. The Labute approximate surface area is 71.3 Å². The Morgan fingerprint density at radius 1 is 1.55 bits per heavy atom. The number of thiol groups is 1. The number of nitrogens with two attached hydrogens (primary N) is 2. The molecule has 0 aliphatic carbocycles. The van der Waals surface area contributed by atoms with Gasteiger partial charge in [-0.1, -0.05) is 0 Å². The summed E-state index contributed by atoms with van der Waals surface area (Å²) in [5.41, 5.74) is 10.4. The van der Waals surface area contributed by atoms with Crippen LogP contribution in [0.1, 0.15) is 6.42 Å². The molecule has 0 amide bonds. The van der Waals surface area contributed by atoms with Crippen LogP contribution in [0, 0.1) is 0 Å². The summed E-state index contributed by atoms with van der Waals surface area (Å²) in [6, 6.07) is -0.724. The first kappa shape index (κ1) is 11.2. The Bertz CT molecular complexity index is 203. The van der Waals surface area contributed by atoms with Gasteiger partial charge in [0.2, 0.25) is 0 Å². The Hall–Kier alpha value is 0.180. The lowest BCUT2D eigenvalue weighted by molar-refractivity contribution is 0.469. The van der Waals surface area contributed by atoms with Crippen LogP contribution in [0.3, 0.4) is 0 Å². The van der Waals surface area contributed by atoms with Crippen LogP contribution in [0.4, 0.5) is 0 Å². The maximum Gasteiger partial charge on any atom is 0.278 e. The molecule has 7 heteroatoms. The summed E-state index contributed by atoms with van der Waals surface area (Å²) < 4.78 is 28.0. The minimum atomic E-state index is -4.14. The molecule has 0 rings (SSSR count). The Kier molecular flexibility index (Phi) is 4.34. The highest BCUT2D eigenvalue weighted by molar-refractivity contribution is 8.01. The molecule has 0 aromatic rings. The molecular formula is C4H12N2O3S2. The van der Waals surface area contributed by atoms with Gasteiger partial charge in [-0.2, -0.15) is 21.0 Å². The summed E-state index contributed by atoms with van der Waals surface area (Å²) >= 11 is 3.62. The van der Waals surface area contributed by atoms with Crippen molar-refractivity contribution in [3.63, 3.8) is 0 Å². The van der Waals surface area contributed by atoms with Crippen LogP contribution < -0.4 is 11.5 Å². The van der Waals surface area contributed by atoms with Gasteiger partial charge < -0.3 is 11.5 Å². The smallest absolute Gasteiger partial charge is 0.278 e. The molecule has 0 saturated carbocycles. The zero-order chi connectivity index (χ0) is 9.07. The van der Waals surface area contributed by atoms with E-state index in [1.807, 2.05) is 0 Å². The van der Waals surface area contributed by atoms with Gasteiger partial charge in [-0.15, -0.1) is 0 Å². The first-order valence-corrected chi connectivity index (χ1v) is 5.01. The minimum Gasteiger partial charge on any atom is -0.330 e. The van der Waals surface area contributed by atoms with E-state index in [4.69, 9.17) is 16.0 Å². The first-order chi connectivity index (χ1) is 4.89. The molecule has 11 heavy (non-hydrogen) atoms. The predicted octanol–water partition coefficient (Wildman–Crippen LogP) is -1.19. The molecule has 0 heterocycles. The fourth-order valence-electron chi connectivity index (χ4n) is 0.556. The average Bonchev–Trinajstić information content (AvgIpc) is 1.85. The van der Waals surface area contributed by atoms with E-state index in [2.05, 4.69) is 12.6 Å². The van der Waals surface area contributed by atoms with Gasteiger partial charge in [0.15, 0.2) is 0 Å². The Balaban J connectivity index is 4.14. The van der Waals surface area contributed by atoms with E-state index >= 15 is 0 Å². The van der Waals surface area contributed by atoms with Crippen LogP contribution in [0.15, 0.2) is 0 Å². The van der Waals surface area contributed by atoms with Gasteiger partial charge in [0.25, 0.3) is 10.1 Å². The van der Waals surface area contributed by atoms with Crippen molar-refractivity contribution in [2.45, 2.75) is 17.0 Å². The third kappa shape index (κ3) is 3.92. The predicted molar refractivity (Wildman–Crippen MR) is 46.0 cm³/mol. The summed E-state index contributed by atoms with van der Waals surface area (Å²) in [4.78, 5) is 0. The third-order valence-electron chi connectivity index (χ3n) is 1.17. The van der Waals surface area contributed by atoms with Crippen molar-refractivity contribution in [1.82, 2.24) is 0 Å². The molecule has 68 valence electrons. The van der Waals surface area contributed by atoms with Crippen molar-refractivity contribution >= 4 is 22.7 Å². The van der Waals surface area contributed by atoms with E-state index in [0.717, 1.165) is 0 Å². The van der Waals surface area contributed by atoms with Crippen molar-refractivity contribution in [3.05, 3.63) is 0 Å². The van der Waals surface area contributed by atoms with Crippen molar-refractivity contribution < 1.29 is 13.0 Å². The fourth-order valence-corrected chi connectivity index (χ4v) is 1.28. The second kappa shape index (κ2) is 4.27. The second-order valence-electron chi connectivity index (χ2n) is 2.15. The molecule has 5 nitrogen and oxygen atoms in total. The van der Waals surface area contributed by atoms with Crippen LogP contribution in [0.5, 0.6) is 0 Å². The molecule has 0 saturated heterocycles. The van der Waals surface area contributed by atoms with Crippen molar-refractivity contribution in [1.29, 1.82) is 0 Å². The molecule has 5 N–H and O–H groups in total. The monoisotopic (exact) mass is 200 g/mol. The zero-order valence-corrected chi connectivity index (χ0v) is 7.55. The third-order valence-corrected chi connectivity index (χ3v) is 3.31. The minimum absolute atomic E-state index is 0.272. The van der Waals surface area contributed by atoms with E-state index in [1.165, 1.54) is 0 Å². The van der Waals surface area contributed by atoms with E-state index in [9.17, 15) is 8.42 Å². The Morgan fingerprint density at radius 3 is 2.27 bits per heavy atom. The van der Waals surface area contributed by atoms with Gasteiger partial charge >= 0.3 is 0 Å². The van der Waals surface area contributed by atoms with E-state index in [1.54, 1.807) is 0 Å². The van der Waals surface area contributed by atoms with Gasteiger partial charge in [0, 0.05) is 6.04 Å². The van der Waals surface area contributed by atoms with Crippen LogP contribution in [-0.4, -0.2) is 30.1 Å². The zero-order valence-electron chi connectivity index (χ0n) is 5.84. The van der Waals surface area contributed by atoms with Crippen LogP contribution >= 0.6 is 12.6 Å². The topological polar surface area (TPSA) is 106 Å². The van der Waals surface area contributed by atoms with Crippen molar-refractivity contribution in [3.8, 4) is 0 Å². The molecule has 0 aromatic heterocycles. The number of hydrogen-bond acceptors (Lipinski definition) is 5. The molecule has 0 aliphatic heterocycles. The summed E-state index contributed by atoms with van der Waals surface area (Å²) in [6.07, 6.45) is 0.313. The molecule has 0 spiro atoms. The highest BCUT2D eigenvalue weighted by atomic mass is 32.3. The van der Waals surface area contributed by atoms with E-state index in [-0.39, 0.29) is 6.54 Å². The summed E-state index contributed by atoms with van der Waals surface area (Å²) in [6.45, 7) is 0.272. The van der Waals surface area contributed by atoms with Gasteiger partial charge in [-0.3, -0.25) is 4.55 Å². The molecule has 2 atom stereocenters. The summed E-state index contributed by atoms with van der Waals surface area (Å²) in [7, 11) is -4.14. The maximum atomic E-state index is 10.4. The highest BCUT2D eigenvalue weighted by Gasteiger charge is 2.24. The quantitative estimate of drug-likeness (QED) is 0.337. The highest BCUT2D eigenvalue weighted by Crippen LogP contribution is 2.09. The molecule has 0 fully saturated rings. The molecular weight excluding hydrogens is 188 g/mol. The average molecular weight is 200 g/mol. The largest absolute Gasteiger partial charge is 0.330 e. The molecule has 0 aliphatic rings. The molecule has 0 bridgehead atoms. The van der Waals surface area contributed by atoms with Crippen LogP contribution in [0.25, 0.3) is 0 Å². The molecule has 2 unspecified atom stereocenters. The lowest BCUT2D eigenvalue weighted by Crippen LogP contribution is -2.37. The standard InChI is InChI=1S/C4H12N2O3S2/c5-2-1-3(6)4(10)11(7,8)9/h3-4,10H,1-2,5-6H2,(H,7,8,9). The second-order valence-corrected chi connectivity index (χ2v) is 4.59. The lowest BCUT2D eigenvalue weighted by atomic mass is 10.2. The molecule has 0 radical (unpaired) electrons. The SMILES string of the molecule is NCCC(N)C(S)S(=O)(=O)O. The van der Waals surface area contributed by atoms with Crippen LogP contribution in [0.2, 0.25) is 0 Å². The maximum absolute atomic E-state index is 10.4. The summed E-state index contributed by atoms with van der Waals surface area (Å²) in [5, 5.41) is 0. The summed E-state index contributed by atoms with van der Waals surface area (Å²) in [5.74, 6) is 0. The fraction of sp³-hybridized carbons (Fsp3) is 1.00. The van der Waals surface area contributed by atoms with Gasteiger partial charge in [0.05, 0.1) is 0 Å². The number of hydrogen-bond donors (Lipinski definition) is 4. The first-order valence-electron chi connectivity index (χ1n) is 2.99. The van der Waals surface area contributed by atoms with Crippen molar-refractivity contribution in [2.24, 2.45) is 11.5 Å². The van der Waals surface area contributed by atoms with Gasteiger partial charge in [0.1, 0.15) is 4.58 Å². The molecule has 0 aromatic carbocycles. The van der Waals surface area contributed by atoms with Gasteiger partial charge in [-0.05, 0) is 13.0 Å². The van der Waals surface area contributed by atoms with E-state index in [0.29, 0.717) is 6.42 Å². The number of rotatable bonds is 4.